The lowest BCUT2D eigenvalue weighted by Crippen LogP contribution is -2.57. The first-order valence-electron chi connectivity index (χ1n) is 11.8. The summed E-state index contributed by atoms with van der Waals surface area (Å²) in [6.07, 6.45) is 0.878. The van der Waals surface area contributed by atoms with Gasteiger partial charge in [0.05, 0.1) is 23.2 Å². The highest BCUT2D eigenvalue weighted by Crippen LogP contribution is 2.38. The maximum Gasteiger partial charge on any atom is 0.255 e. The second kappa shape index (κ2) is 10.1. The molecule has 2 aliphatic rings. The molecule has 0 bridgehead atoms. The summed E-state index contributed by atoms with van der Waals surface area (Å²) in [5, 5.41) is 2.50. The van der Waals surface area contributed by atoms with E-state index in [9.17, 15) is 14.0 Å². The first-order valence-corrected chi connectivity index (χ1v) is 13.1. The average molecular weight is 512 g/mol. The van der Waals surface area contributed by atoms with Gasteiger partial charge in [-0.25, -0.2) is 4.39 Å². The van der Waals surface area contributed by atoms with Crippen LogP contribution in [0.15, 0.2) is 60.0 Å². The molecule has 3 heterocycles. The van der Waals surface area contributed by atoms with E-state index in [1.807, 2.05) is 17.9 Å². The van der Waals surface area contributed by atoms with E-state index < -0.39 is 0 Å². The summed E-state index contributed by atoms with van der Waals surface area (Å²) in [5.74, 6) is -0.353. The highest BCUT2D eigenvalue weighted by molar-refractivity contribution is 7.10. The van der Waals surface area contributed by atoms with Gasteiger partial charge in [0.1, 0.15) is 5.82 Å². The maximum absolute atomic E-state index is 14.1. The molecule has 182 valence electrons. The SMILES string of the molecule is CC1CN(C(=O)CN2CCc3sccc3C2c2cccc(F)c2)CCN1C(=O)c1ccccc1Cl. The zero-order valence-electron chi connectivity index (χ0n) is 19.5. The molecule has 2 amide bonds. The molecule has 35 heavy (non-hydrogen) atoms. The number of carbonyl (C=O) groups is 2. The fourth-order valence-electron chi connectivity index (χ4n) is 5.15. The van der Waals surface area contributed by atoms with Gasteiger partial charge in [0.2, 0.25) is 5.91 Å². The van der Waals surface area contributed by atoms with Crippen molar-refractivity contribution >= 4 is 34.8 Å². The zero-order chi connectivity index (χ0) is 24.5. The molecule has 5 nitrogen and oxygen atoms in total. The second-order valence-electron chi connectivity index (χ2n) is 9.14. The van der Waals surface area contributed by atoms with E-state index in [1.165, 1.54) is 10.9 Å². The Morgan fingerprint density at radius 2 is 1.91 bits per heavy atom. The van der Waals surface area contributed by atoms with Crippen LogP contribution in [0.2, 0.25) is 5.02 Å². The summed E-state index contributed by atoms with van der Waals surface area (Å²) in [5.41, 5.74) is 2.50. The van der Waals surface area contributed by atoms with Crippen LogP contribution in [0.5, 0.6) is 0 Å². The minimum atomic E-state index is -0.274. The van der Waals surface area contributed by atoms with Crippen molar-refractivity contribution in [1.29, 1.82) is 0 Å². The number of halogens is 2. The molecule has 0 aliphatic carbocycles. The van der Waals surface area contributed by atoms with Crippen LogP contribution in [0.4, 0.5) is 4.39 Å². The third-order valence-electron chi connectivity index (χ3n) is 6.91. The van der Waals surface area contributed by atoms with Crippen LogP contribution < -0.4 is 0 Å². The minimum absolute atomic E-state index is 0.0294. The Labute approximate surface area is 213 Å². The van der Waals surface area contributed by atoms with Crippen LogP contribution in [-0.4, -0.2) is 65.3 Å². The zero-order valence-corrected chi connectivity index (χ0v) is 21.1. The molecule has 1 saturated heterocycles. The van der Waals surface area contributed by atoms with Gasteiger partial charge in [-0.1, -0.05) is 35.9 Å². The number of amides is 2. The van der Waals surface area contributed by atoms with Gasteiger partial charge in [0.25, 0.3) is 5.91 Å². The van der Waals surface area contributed by atoms with E-state index in [0.717, 1.165) is 24.1 Å². The molecular formula is C27H27ClFN3O2S. The quantitative estimate of drug-likeness (QED) is 0.502. The molecule has 8 heteroatoms. The standard InChI is InChI=1S/C27H27ClFN3O2S/c1-18-16-30(12-13-32(18)27(34)21-7-2-3-8-23(21)28)25(33)17-31-11-9-24-22(10-14-35-24)26(31)19-5-4-6-20(29)15-19/h2-8,10,14-15,18,26H,9,11-13,16-17H2,1H3. The molecule has 0 N–H and O–H groups in total. The summed E-state index contributed by atoms with van der Waals surface area (Å²) in [4.78, 5) is 33.5. The smallest absolute Gasteiger partial charge is 0.255 e. The highest BCUT2D eigenvalue weighted by atomic mass is 35.5. The maximum atomic E-state index is 14.1. The summed E-state index contributed by atoms with van der Waals surface area (Å²) < 4.78 is 14.1. The van der Waals surface area contributed by atoms with Gasteiger partial charge in [-0.3, -0.25) is 14.5 Å². The van der Waals surface area contributed by atoms with Crippen LogP contribution in [0.1, 0.15) is 39.3 Å². The van der Waals surface area contributed by atoms with Crippen molar-refractivity contribution in [2.45, 2.75) is 25.4 Å². The lowest BCUT2D eigenvalue weighted by Gasteiger charge is -2.42. The number of benzene rings is 2. The van der Waals surface area contributed by atoms with Gasteiger partial charge >= 0.3 is 0 Å². The molecule has 2 aromatic carbocycles. The summed E-state index contributed by atoms with van der Waals surface area (Å²) in [6.45, 7) is 4.35. The van der Waals surface area contributed by atoms with E-state index in [-0.39, 0.29) is 36.3 Å². The first-order chi connectivity index (χ1) is 16.9. The second-order valence-corrected chi connectivity index (χ2v) is 10.6. The lowest BCUT2D eigenvalue weighted by atomic mass is 9.93. The Bertz CT molecular complexity index is 1250. The third-order valence-corrected chi connectivity index (χ3v) is 8.24. The van der Waals surface area contributed by atoms with Crippen LogP contribution in [-0.2, 0) is 11.2 Å². The van der Waals surface area contributed by atoms with Crippen LogP contribution in [0, 0.1) is 5.82 Å². The molecule has 1 aromatic heterocycles. The van der Waals surface area contributed by atoms with Gasteiger partial charge in [0, 0.05) is 37.1 Å². The number of fused-ring (bicyclic) bond motifs is 1. The topological polar surface area (TPSA) is 43.9 Å². The van der Waals surface area contributed by atoms with Crippen LogP contribution in [0.3, 0.4) is 0 Å². The predicted molar refractivity (Wildman–Crippen MR) is 136 cm³/mol. The van der Waals surface area contributed by atoms with E-state index in [0.29, 0.717) is 30.2 Å². The van der Waals surface area contributed by atoms with E-state index >= 15 is 0 Å². The number of carbonyl (C=O) groups excluding carboxylic acids is 2. The highest BCUT2D eigenvalue weighted by Gasteiger charge is 2.35. The molecule has 2 unspecified atom stereocenters. The summed E-state index contributed by atoms with van der Waals surface area (Å²) in [6, 6.07) is 15.5. The van der Waals surface area contributed by atoms with Gasteiger partial charge in [-0.2, -0.15) is 0 Å². The lowest BCUT2D eigenvalue weighted by molar-refractivity contribution is -0.135. The predicted octanol–water partition coefficient (Wildman–Crippen LogP) is 4.86. The Morgan fingerprint density at radius 1 is 1.09 bits per heavy atom. The normalized spacial score (nSPS) is 20.5. The van der Waals surface area contributed by atoms with E-state index in [4.69, 9.17) is 11.6 Å². The van der Waals surface area contributed by atoms with Crippen molar-refractivity contribution in [2.24, 2.45) is 0 Å². The number of piperazine rings is 1. The van der Waals surface area contributed by atoms with E-state index in [2.05, 4.69) is 16.3 Å². The largest absolute Gasteiger partial charge is 0.338 e. The first kappa shape index (κ1) is 24.0. The average Bonchev–Trinajstić information content (AvgIpc) is 3.32. The van der Waals surface area contributed by atoms with Crippen LogP contribution >= 0.6 is 22.9 Å². The fraction of sp³-hybridized carbons (Fsp3) is 0.333. The van der Waals surface area contributed by atoms with Gasteiger partial charge in [0.15, 0.2) is 0 Å². The Kier molecular flexibility index (Phi) is 6.91. The Balaban J connectivity index is 1.29. The molecule has 0 radical (unpaired) electrons. The molecule has 5 rings (SSSR count). The van der Waals surface area contributed by atoms with Crippen molar-refractivity contribution < 1.29 is 14.0 Å². The molecule has 2 atom stereocenters. The molecule has 0 spiro atoms. The monoisotopic (exact) mass is 511 g/mol. The molecule has 1 fully saturated rings. The van der Waals surface area contributed by atoms with Crippen molar-refractivity contribution in [2.75, 3.05) is 32.7 Å². The number of hydrogen-bond acceptors (Lipinski definition) is 4. The number of nitrogens with zero attached hydrogens (tertiary/aromatic N) is 3. The number of hydrogen-bond donors (Lipinski definition) is 0. The number of rotatable bonds is 4. The Morgan fingerprint density at radius 3 is 2.69 bits per heavy atom. The van der Waals surface area contributed by atoms with Gasteiger partial charge in [-0.05, 0) is 60.2 Å². The fourth-order valence-corrected chi connectivity index (χ4v) is 6.28. The number of thiophene rings is 1. The van der Waals surface area contributed by atoms with Crippen LogP contribution in [0.25, 0.3) is 0 Å². The minimum Gasteiger partial charge on any atom is -0.338 e. The van der Waals surface area contributed by atoms with Crippen molar-refractivity contribution in [3.8, 4) is 0 Å². The van der Waals surface area contributed by atoms with Crippen molar-refractivity contribution in [3.63, 3.8) is 0 Å². The molecule has 0 saturated carbocycles. The van der Waals surface area contributed by atoms with Gasteiger partial charge in [-0.15, -0.1) is 11.3 Å². The Hall–Kier alpha value is -2.74. The van der Waals surface area contributed by atoms with Gasteiger partial charge < -0.3 is 9.80 Å². The summed E-state index contributed by atoms with van der Waals surface area (Å²) in [7, 11) is 0. The van der Waals surface area contributed by atoms with Crippen molar-refractivity contribution in [3.05, 3.63) is 92.4 Å². The molecule has 3 aromatic rings. The van der Waals surface area contributed by atoms with E-state index in [1.54, 1.807) is 52.6 Å². The van der Waals surface area contributed by atoms with Crippen molar-refractivity contribution in [1.82, 2.24) is 14.7 Å². The summed E-state index contributed by atoms with van der Waals surface area (Å²) >= 11 is 7.95. The molecule has 2 aliphatic heterocycles. The molecular weight excluding hydrogens is 485 g/mol. The third kappa shape index (κ3) is 4.85.